The van der Waals surface area contributed by atoms with Crippen LogP contribution in [0.15, 0.2) is 53.7 Å². The first-order chi connectivity index (χ1) is 14.2. The van der Waals surface area contributed by atoms with Gasteiger partial charge in [0.15, 0.2) is 0 Å². The average molecular weight is 417 g/mol. The molecule has 1 atom stereocenters. The van der Waals surface area contributed by atoms with E-state index in [1.54, 1.807) is 26.8 Å². The van der Waals surface area contributed by atoms with Crippen LogP contribution in [0.1, 0.15) is 44.2 Å². The van der Waals surface area contributed by atoms with E-state index in [0.717, 1.165) is 18.2 Å². The summed E-state index contributed by atoms with van der Waals surface area (Å²) in [4.78, 5) is 27.0. The Morgan fingerprint density at radius 2 is 1.77 bits per heavy atom. The lowest BCUT2D eigenvalue weighted by molar-refractivity contribution is -0.143. The Hall–Kier alpha value is -3.09. The molecule has 2 aromatic carbocycles. The van der Waals surface area contributed by atoms with Crippen LogP contribution >= 0.6 is 0 Å². The van der Waals surface area contributed by atoms with Crippen molar-refractivity contribution in [1.29, 1.82) is 0 Å². The standard InChI is InChI=1S/C23H22F3NO3/c1-13(2)30-23(29)22-14(3)27(12-15-8-16(24)10-17(25)9-15)21(28)11-19(22)18-6-4-5-7-20(18)26/h4-10,13,19H,11-12H2,1-3H3/t19-/m0/s1. The molecule has 0 saturated heterocycles. The monoisotopic (exact) mass is 417 g/mol. The van der Waals surface area contributed by atoms with Crippen molar-refractivity contribution in [1.82, 2.24) is 4.90 Å². The van der Waals surface area contributed by atoms with Gasteiger partial charge in [-0.1, -0.05) is 18.2 Å². The molecular weight excluding hydrogens is 395 g/mol. The molecule has 0 bridgehead atoms. The van der Waals surface area contributed by atoms with Gasteiger partial charge in [0.25, 0.3) is 0 Å². The number of benzene rings is 2. The highest BCUT2D eigenvalue weighted by Gasteiger charge is 2.38. The quantitative estimate of drug-likeness (QED) is 0.654. The zero-order valence-electron chi connectivity index (χ0n) is 16.9. The van der Waals surface area contributed by atoms with Crippen LogP contribution in [0.25, 0.3) is 0 Å². The van der Waals surface area contributed by atoms with Gasteiger partial charge < -0.3 is 9.64 Å². The van der Waals surface area contributed by atoms with Crippen LogP contribution < -0.4 is 0 Å². The van der Waals surface area contributed by atoms with E-state index >= 15 is 0 Å². The predicted molar refractivity (Wildman–Crippen MR) is 105 cm³/mol. The maximum Gasteiger partial charge on any atom is 0.336 e. The molecule has 1 aliphatic heterocycles. The van der Waals surface area contributed by atoms with Gasteiger partial charge in [0.2, 0.25) is 5.91 Å². The van der Waals surface area contributed by atoms with E-state index in [2.05, 4.69) is 0 Å². The maximum absolute atomic E-state index is 14.5. The normalized spacial score (nSPS) is 17.0. The molecule has 0 spiro atoms. The number of carbonyl (C=O) groups is 2. The molecule has 7 heteroatoms. The lowest BCUT2D eigenvalue weighted by atomic mass is 9.83. The van der Waals surface area contributed by atoms with Crippen LogP contribution in [0.4, 0.5) is 13.2 Å². The zero-order valence-corrected chi connectivity index (χ0v) is 16.9. The summed E-state index contributed by atoms with van der Waals surface area (Å²) in [7, 11) is 0. The summed E-state index contributed by atoms with van der Waals surface area (Å²) < 4.78 is 47.0. The third-order valence-corrected chi connectivity index (χ3v) is 4.93. The van der Waals surface area contributed by atoms with E-state index in [1.807, 2.05) is 0 Å². The summed E-state index contributed by atoms with van der Waals surface area (Å²) in [5.74, 6) is -3.91. The number of amides is 1. The lowest BCUT2D eigenvalue weighted by Gasteiger charge is -2.35. The van der Waals surface area contributed by atoms with Gasteiger partial charge in [-0.05, 0) is 50.1 Å². The molecule has 0 saturated carbocycles. The van der Waals surface area contributed by atoms with Crippen LogP contribution in [0.5, 0.6) is 0 Å². The van der Waals surface area contributed by atoms with E-state index in [1.165, 1.54) is 23.1 Å². The minimum absolute atomic E-state index is 0.123. The predicted octanol–water partition coefficient (Wildman–Crippen LogP) is 4.85. The van der Waals surface area contributed by atoms with Gasteiger partial charge in [0.1, 0.15) is 17.5 Å². The number of halogens is 3. The van der Waals surface area contributed by atoms with Gasteiger partial charge in [-0.25, -0.2) is 18.0 Å². The maximum atomic E-state index is 14.5. The fraction of sp³-hybridized carbons (Fsp3) is 0.304. The number of carbonyl (C=O) groups excluding carboxylic acids is 2. The van der Waals surface area contributed by atoms with E-state index in [9.17, 15) is 22.8 Å². The third kappa shape index (κ3) is 4.56. The van der Waals surface area contributed by atoms with Crippen LogP contribution in [-0.2, 0) is 20.9 Å². The smallest absolute Gasteiger partial charge is 0.336 e. The van der Waals surface area contributed by atoms with Crippen molar-refractivity contribution >= 4 is 11.9 Å². The highest BCUT2D eigenvalue weighted by molar-refractivity contribution is 5.96. The van der Waals surface area contributed by atoms with Crippen LogP contribution in [0.2, 0.25) is 0 Å². The molecule has 30 heavy (non-hydrogen) atoms. The Morgan fingerprint density at radius 3 is 2.37 bits per heavy atom. The second-order valence-corrected chi connectivity index (χ2v) is 7.49. The number of ether oxygens (including phenoxy) is 1. The summed E-state index contributed by atoms with van der Waals surface area (Å²) in [6.45, 7) is 4.81. The fourth-order valence-electron chi connectivity index (χ4n) is 3.65. The summed E-state index contributed by atoms with van der Waals surface area (Å²) in [5, 5.41) is 0. The summed E-state index contributed by atoms with van der Waals surface area (Å²) in [6, 6.07) is 8.94. The fourth-order valence-corrected chi connectivity index (χ4v) is 3.65. The van der Waals surface area contributed by atoms with Crippen molar-refractivity contribution in [3.05, 3.63) is 82.3 Å². The van der Waals surface area contributed by atoms with Gasteiger partial charge >= 0.3 is 5.97 Å². The molecule has 0 aliphatic carbocycles. The Kier molecular flexibility index (Phi) is 6.29. The largest absolute Gasteiger partial charge is 0.460 e. The van der Waals surface area contributed by atoms with Crippen molar-refractivity contribution in [2.24, 2.45) is 0 Å². The van der Waals surface area contributed by atoms with Gasteiger partial charge in [0.05, 0.1) is 18.2 Å². The molecule has 1 aliphatic rings. The molecule has 0 radical (unpaired) electrons. The van der Waals surface area contributed by atoms with Crippen LogP contribution in [0.3, 0.4) is 0 Å². The van der Waals surface area contributed by atoms with Gasteiger partial charge in [-0.3, -0.25) is 4.79 Å². The van der Waals surface area contributed by atoms with Gasteiger partial charge in [0, 0.05) is 24.1 Å². The number of rotatable bonds is 5. The molecule has 0 unspecified atom stereocenters. The number of esters is 1. The molecular formula is C23H22F3NO3. The molecule has 4 nitrogen and oxygen atoms in total. The highest BCUT2D eigenvalue weighted by atomic mass is 19.1. The van der Waals surface area contributed by atoms with Crippen molar-refractivity contribution in [3.8, 4) is 0 Å². The zero-order chi connectivity index (χ0) is 22.0. The number of nitrogens with zero attached hydrogens (tertiary/aromatic N) is 1. The minimum atomic E-state index is -0.814. The molecule has 0 fully saturated rings. The molecule has 2 aromatic rings. The molecule has 3 rings (SSSR count). The first-order valence-electron chi connectivity index (χ1n) is 9.59. The van der Waals surface area contributed by atoms with E-state index < -0.39 is 35.4 Å². The van der Waals surface area contributed by atoms with Crippen LogP contribution in [-0.4, -0.2) is 22.9 Å². The van der Waals surface area contributed by atoms with E-state index in [-0.39, 0.29) is 41.3 Å². The number of hydrogen-bond acceptors (Lipinski definition) is 3. The van der Waals surface area contributed by atoms with Crippen molar-refractivity contribution < 1.29 is 27.5 Å². The summed E-state index contributed by atoms with van der Waals surface area (Å²) in [5.41, 5.74) is 0.888. The van der Waals surface area contributed by atoms with Gasteiger partial charge in [-0.2, -0.15) is 0 Å². The minimum Gasteiger partial charge on any atom is -0.460 e. The SMILES string of the molecule is CC1=C(C(=O)OC(C)C)[C@H](c2ccccc2F)CC(=O)N1Cc1cc(F)cc(F)c1. The number of hydrogen-bond donors (Lipinski definition) is 0. The third-order valence-electron chi connectivity index (χ3n) is 4.93. The second-order valence-electron chi connectivity index (χ2n) is 7.49. The Balaban J connectivity index is 2.07. The molecule has 0 aromatic heterocycles. The second kappa shape index (κ2) is 8.73. The number of allylic oxidation sites excluding steroid dienone is 1. The average Bonchev–Trinajstić information content (AvgIpc) is 2.63. The van der Waals surface area contributed by atoms with E-state index in [0.29, 0.717) is 0 Å². The van der Waals surface area contributed by atoms with Crippen molar-refractivity contribution in [2.75, 3.05) is 0 Å². The lowest BCUT2D eigenvalue weighted by Crippen LogP contribution is -2.38. The molecule has 158 valence electrons. The molecule has 0 N–H and O–H groups in total. The van der Waals surface area contributed by atoms with E-state index in [4.69, 9.17) is 4.74 Å². The Bertz CT molecular complexity index is 996. The summed E-state index contributed by atoms with van der Waals surface area (Å²) in [6.07, 6.45) is -0.582. The van der Waals surface area contributed by atoms with Crippen molar-refractivity contribution in [3.63, 3.8) is 0 Å². The topological polar surface area (TPSA) is 46.6 Å². The first-order valence-corrected chi connectivity index (χ1v) is 9.59. The Morgan fingerprint density at radius 1 is 1.13 bits per heavy atom. The Labute approximate surface area is 173 Å². The van der Waals surface area contributed by atoms with Crippen LogP contribution in [0, 0.1) is 17.5 Å². The first kappa shape index (κ1) is 21.6. The summed E-state index contributed by atoms with van der Waals surface area (Å²) >= 11 is 0. The van der Waals surface area contributed by atoms with Crippen molar-refractivity contribution in [2.45, 2.75) is 45.8 Å². The molecule has 1 amide bonds. The molecule has 1 heterocycles. The highest BCUT2D eigenvalue weighted by Crippen LogP contribution is 2.38. The van der Waals surface area contributed by atoms with Gasteiger partial charge in [-0.15, -0.1) is 0 Å².